The first-order valence-corrected chi connectivity index (χ1v) is 8.24. The Balaban J connectivity index is 2.06. The van der Waals surface area contributed by atoms with E-state index in [9.17, 15) is 31.9 Å². The van der Waals surface area contributed by atoms with Crippen LogP contribution in [0.2, 0.25) is 0 Å². The molecule has 0 amide bonds. The molecular formula is C18H12F5N3O2. The Morgan fingerprint density at radius 2 is 1.89 bits per heavy atom. The van der Waals surface area contributed by atoms with Crippen LogP contribution in [0.4, 0.5) is 27.9 Å². The first kappa shape index (κ1) is 18.2. The van der Waals surface area contributed by atoms with Crippen molar-refractivity contribution in [3.05, 3.63) is 58.0 Å². The standard InChI is InChI=1S/C18H12F5N3O2/c19-11-4-3-10(14(20)15(11)27)13-12-7-8(18(21,22)23)5-6-26(12)17(25-16(13)28)24-9-1-2-9/h3-7,9,27H,1-2H2,(H,24,25,28). The smallest absolute Gasteiger partial charge is 0.416 e. The van der Waals surface area contributed by atoms with E-state index in [0.29, 0.717) is 12.1 Å². The Morgan fingerprint density at radius 3 is 2.54 bits per heavy atom. The van der Waals surface area contributed by atoms with Gasteiger partial charge in [0.05, 0.1) is 16.6 Å². The van der Waals surface area contributed by atoms with Gasteiger partial charge in [0.25, 0.3) is 5.56 Å². The van der Waals surface area contributed by atoms with E-state index in [1.807, 2.05) is 0 Å². The number of hydrogen-bond acceptors (Lipinski definition) is 4. The number of nitrogens with one attached hydrogen (secondary N) is 1. The van der Waals surface area contributed by atoms with E-state index < -0.39 is 45.8 Å². The second-order valence-electron chi connectivity index (χ2n) is 6.46. The molecule has 1 fully saturated rings. The van der Waals surface area contributed by atoms with Gasteiger partial charge in [-0.15, -0.1) is 0 Å². The Bertz CT molecular complexity index is 1150. The summed E-state index contributed by atoms with van der Waals surface area (Å²) in [4.78, 5) is 16.4. The fourth-order valence-corrected chi connectivity index (χ4v) is 2.87. The van der Waals surface area contributed by atoms with Gasteiger partial charge in [-0.25, -0.2) is 8.78 Å². The number of aromatic nitrogens is 2. The SMILES string of the molecule is O=c1nc(NC2CC2)n2ccc(C(F)(F)F)cc2c1-c1ccc(F)c(O)c1F. The van der Waals surface area contributed by atoms with Gasteiger partial charge in [-0.1, -0.05) is 0 Å². The quantitative estimate of drug-likeness (QED) is 0.657. The Kier molecular flexibility index (Phi) is 4.02. The van der Waals surface area contributed by atoms with Crippen LogP contribution in [0.3, 0.4) is 0 Å². The van der Waals surface area contributed by atoms with Gasteiger partial charge in [-0.3, -0.25) is 9.20 Å². The minimum atomic E-state index is -4.70. The van der Waals surface area contributed by atoms with Crippen LogP contribution >= 0.6 is 0 Å². The van der Waals surface area contributed by atoms with Crippen molar-refractivity contribution in [3.8, 4) is 16.9 Å². The monoisotopic (exact) mass is 397 g/mol. The van der Waals surface area contributed by atoms with Gasteiger partial charge in [-0.05, 0) is 37.1 Å². The van der Waals surface area contributed by atoms with Crippen LogP contribution in [-0.4, -0.2) is 20.5 Å². The van der Waals surface area contributed by atoms with Crippen LogP contribution in [-0.2, 0) is 6.18 Å². The molecule has 2 heterocycles. The average Bonchev–Trinajstić information content (AvgIpc) is 3.44. The number of hydrogen-bond donors (Lipinski definition) is 2. The number of alkyl halides is 3. The molecule has 10 heteroatoms. The molecule has 0 unspecified atom stereocenters. The number of halogens is 5. The maximum Gasteiger partial charge on any atom is 0.416 e. The van der Waals surface area contributed by atoms with Crippen LogP contribution in [0, 0.1) is 11.6 Å². The Morgan fingerprint density at radius 1 is 1.18 bits per heavy atom. The summed E-state index contributed by atoms with van der Waals surface area (Å²) in [6.45, 7) is 0. The molecule has 0 spiro atoms. The summed E-state index contributed by atoms with van der Waals surface area (Å²) in [5.41, 5.74) is -3.40. The average molecular weight is 397 g/mol. The van der Waals surface area contributed by atoms with Crippen molar-refractivity contribution >= 4 is 11.5 Å². The highest BCUT2D eigenvalue weighted by atomic mass is 19.4. The van der Waals surface area contributed by atoms with Gasteiger partial charge < -0.3 is 10.4 Å². The molecule has 0 saturated heterocycles. The number of benzene rings is 1. The van der Waals surface area contributed by atoms with Gasteiger partial charge >= 0.3 is 6.18 Å². The summed E-state index contributed by atoms with van der Waals surface area (Å²) in [6, 6.07) is 3.13. The maximum atomic E-state index is 14.4. The fraction of sp³-hybridized carbons (Fsp3) is 0.222. The number of nitrogens with zero attached hydrogens (tertiary/aromatic N) is 2. The summed E-state index contributed by atoms with van der Waals surface area (Å²) in [7, 11) is 0. The molecule has 5 nitrogen and oxygen atoms in total. The summed E-state index contributed by atoms with van der Waals surface area (Å²) in [5, 5.41) is 12.4. The largest absolute Gasteiger partial charge is 0.503 e. The van der Waals surface area contributed by atoms with Crippen molar-refractivity contribution in [2.45, 2.75) is 25.1 Å². The molecule has 1 aliphatic carbocycles. The van der Waals surface area contributed by atoms with Crippen LogP contribution in [0.5, 0.6) is 5.75 Å². The fourth-order valence-electron chi connectivity index (χ4n) is 2.87. The predicted molar refractivity (Wildman–Crippen MR) is 90.1 cm³/mol. The molecule has 146 valence electrons. The van der Waals surface area contributed by atoms with Crippen LogP contribution in [0.15, 0.2) is 35.3 Å². The van der Waals surface area contributed by atoms with Crippen molar-refractivity contribution in [1.29, 1.82) is 0 Å². The van der Waals surface area contributed by atoms with E-state index >= 15 is 0 Å². The van der Waals surface area contributed by atoms with Gasteiger partial charge in [0.1, 0.15) is 0 Å². The highest BCUT2D eigenvalue weighted by Crippen LogP contribution is 2.35. The van der Waals surface area contributed by atoms with Crippen molar-refractivity contribution in [3.63, 3.8) is 0 Å². The second kappa shape index (κ2) is 6.18. The van der Waals surface area contributed by atoms with Crippen molar-refractivity contribution in [2.75, 3.05) is 5.32 Å². The van der Waals surface area contributed by atoms with Crippen LogP contribution in [0.1, 0.15) is 18.4 Å². The molecule has 1 saturated carbocycles. The number of phenolic OH excluding ortho intramolecular Hbond substituents is 1. The number of rotatable bonds is 3. The van der Waals surface area contributed by atoms with E-state index in [4.69, 9.17) is 0 Å². The second-order valence-corrected chi connectivity index (χ2v) is 6.46. The molecule has 1 aliphatic rings. The lowest BCUT2D eigenvalue weighted by Crippen LogP contribution is -2.20. The Labute approximate surface area is 154 Å². The van der Waals surface area contributed by atoms with Gasteiger partial charge in [-0.2, -0.15) is 18.2 Å². The molecule has 2 aromatic heterocycles. The van der Waals surface area contributed by atoms with Crippen LogP contribution in [0.25, 0.3) is 16.6 Å². The number of aromatic hydroxyl groups is 1. The van der Waals surface area contributed by atoms with E-state index in [-0.39, 0.29) is 17.5 Å². The van der Waals surface area contributed by atoms with Crippen molar-refractivity contribution in [1.82, 2.24) is 9.38 Å². The molecule has 28 heavy (non-hydrogen) atoms. The summed E-state index contributed by atoms with van der Waals surface area (Å²) in [5.74, 6) is -4.03. The summed E-state index contributed by atoms with van der Waals surface area (Å²) < 4.78 is 68.5. The number of pyridine rings is 1. The van der Waals surface area contributed by atoms with Crippen LogP contribution < -0.4 is 10.9 Å². The van der Waals surface area contributed by atoms with E-state index in [2.05, 4.69) is 10.3 Å². The Hall–Kier alpha value is -3.17. The molecule has 0 atom stereocenters. The van der Waals surface area contributed by atoms with Crippen molar-refractivity contribution in [2.24, 2.45) is 0 Å². The molecule has 0 radical (unpaired) electrons. The third-order valence-corrected chi connectivity index (χ3v) is 4.43. The third kappa shape index (κ3) is 3.04. The molecule has 0 aliphatic heterocycles. The molecule has 1 aromatic carbocycles. The molecule has 2 N–H and O–H groups in total. The lowest BCUT2D eigenvalue weighted by molar-refractivity contribution is -0.137. The lowest BCUT2D eigenvalue weighted by Gasteiger charge is -2.16. The van der Waals surface area contributed by atoms with Gasteiger partial charge in [0.15, 0.2) is 17.4 Å². The number of fused-ring (bicyclic) bond motifs is 1. The van der Waals surface area contributed by atoms with E-state index in [1.165, 1.54) is 4.40 Å². The predicted octanol–water partition coefficient (Wildman–Crippen LogP) is 3.94. The van der Waals surface area contributed by atoms with Gasteiger partial charge in [0, 0.05) is 17.8 Å². The minimum Gasteiger partial charge on any atom is -0.503 e. The number of phenols is 1. The van der Waals surface area contributed by atoms with E-state index in [0.717, 1.165) is 31.2 Å². The maximum absolute atomic E-state index is 14.4. The summed E-state index contributed by atoms with van der Waals surface area (Å²) in [6.07, 6.45) is -1.99. The minimum absolute atomic E-state index is 0.0201. The third-order valence-electron chi connectivity index (χ3n) is 4.43. The molecule has 0 bridgehead atoms. The number of anilines is 1. The zero-order valence-corrected chi connectivity index (χ0v) is 14.0. The summed E-state index contributed by atoms with van der Waals surface area (Å²) >= 11 is 0. The highest BCUT2D eigenvalue weighted by Gasteiger charge is 2.32. The zero-order valence-electron chi connectivity index (χ0n) is 14.0. The van der Waals surface area contributed by atoms with Crippen molar-refractivity contribution < 1.29 is 27.1 Å². The topological polar surface area (TPSA) is 66.6 Å². The first-order chi connectivity index (χ1) is 13.2. The van der Waals surface area contributed by atoms with E-state index in [1.54, 1.807) is 0 Å². The highest BCUT2D eigenvalue weighted by molar-refractivity contribution is 5.82. The molecule has 4 rings (SSSR count). The zero-order chi connectivity index (χ0) is 20.2. The first-order valence-electron chi connectivity index (χ1n) is 8.24. The lowest BCUT2D eigenvalue weighted by atomic mass is 10.0. The molecular weight excluding hydrogens is 385 g/mol. The molecule has 3 aromatic rings. The normalized spacial score (nSPS) is 14.5. The van der Waals surface area contributed by atoms with Gasteiger partial charge in [0.2, 0.25) is 5.95 Å².